The smallest absolute Gasteiger partial charge is 0.308 e. The molecule has 1 aromatic carbocycles. The van der Waals surface area contributed by atoms with E-state index < -0.39 is 11.8 Å². The number of terminal acetylenes is 1. The first-order valence-corrected chi connectivity index (χ1v) is 16.9. The Kier molecular flexibility index (Phi) is 16.6. The Morgan fingerprint density at radius 1 is 0.940 bits per heavy atom. The molecular weight excluding hydrogens is 649 g/mol. The van der Waals surface area contributed by atoms with Gasteiger partial charge in [-0.25, -0.2) is 4.39 Å². The molecule has 13 heteroatoms. The minimum Gasteiger partial charge on any atom is -0.487 e. The van der Waals surface area contributed by atoms with E-state index in [1.165, 1.54) is 6.07 Å². The average Bonchev–Trinajstić information content (AvgIpc) is 3.94. The van der Waals surface area contributed by atoms with Gasteiger partial charge in [0.1, 0.15) is 19.8 Å². The molecule has 0 unspecified atom stereocenters. The van der Waals surface area contributed by atoms with Crippen LogP contribution in [-0.2, 0) is 46.3 Å². The number of fused-ring (bicyclic) bond motifs is 1. The summed E-state index contributed by atoms with van der Waals surface area (Å²) in [6.45, 7) is 6.76. The van der Waals surface area contributed by atoms with Crippen molar-refractivity contribution in [3.63, 3.8) is 0 Å². The SMILES string of the molecule is C#CCOCCOCCOCCOCCOCCC(=O)OCCOc1cc2c(cc1F)c(=O)c(CN(C)Cc1ccnc(C)c1)cn2C1CC1. The maximum absolute atomic E-state index is 15.2. The number of ether oxygens (including phenoxy) is 7. The van der Waals surface area contributed by atoms with Gasteiger partial charge in [-0.2, -0.15) is 0 Å². The highest BCUT2D eigenvalue weighted by atomic mass is 19.1. The van der Waals surface area contributed by atoms with Crippen molar-refractivity contribution in [2.24, 2.45) is 0 Å². The lowest BCUT2D eigenvalue weighted by Gasteiger charge is -2.19. The summed E-state index contributed by atoms with van der Waals surface area (Å²) in [6.07, 6.45) is 10.8. The molecule has 1 aliphatic rings. The first kappa shape index (κ1) is 38.9. The number of halogens is 1. The lowest BCUT2D eigenvalue weighted by molar-refractivity contribution is -0.145. The van der Waals surface area contributed by atoms with Crippen LogP contribution in [0.4, 0.5) is 4.39 Å². The van der Waals surface area contributed by atoms with Crippen LogP contribution in [0.3, 0.4) is 0 Å². The fourth-order valence-corrected chi connectivity index (χ4v) is 5.19. The molecule has 50 heavy (non-hydrogen) atoms. The highest BCUT2D eigenvalue weighted by molar-refractivity contribution is 5.81. The maximum atomic E-state index is 15.2. The number of pyridine rings is 2. The van der Waals surface area contributed by atoms with E-state index in [0.717, 1.165) is 24.1 Å². The number of aromatic nitrogens is 2. The number of carbonyl (C=O) groups excluding carboxylic acids is 1. The Balaban J connectivity index is 1.12. The lowest BCUT2D eigenvalue weighted by Crippen LogP contribution is -2.24. The summed E-state index contributed by atoms with van der Waals surface area (Å²) in [5.74, 6) is 1.29. The van der Waals surface area contributed by atoms with Crippen LogP contribution in [-0.4, -0.2) is 107 Å². The van der Waals surface area contributed by atoms with Crippen LogP contribution in [0.25, 0.3) is 10.9 Å². The minimum atomic E-state index is -0.643. The van der Waals surface area contributed by atoms with Crippen molar-refractivity contribution in [3.05, 3.63) is 69.5 Å². The van der Waals surface area contributed by atoms with Crippen LogP contribution in [0.5, 0.6) is 5.75 Å². The summed E-state index contributed by atoms with van der Waals surface area (Å²) in [4.78, 5) is 31.9. The molecule has 0 amide bonds. The van der Waals surface area contributed by atoms with E-state index in [0.29, 0.717) is 82.4 Å². The summed E-state index contributed by atoms with van der Waals surface area (Å²) in [5, 5.41) is 0.318. The fraction of sp³-hybridized carbons (Fsp3) is 0.541. The molecule has 4 rings (SSSR count). The second kappa shape index (κ2) is 21.3. The van der Waals surface area contributed by atoms with Crippen LogP contribution in [0.15, 0.2) is 41.5 Å². The predicted octanol–water partition coefficient (Wildman–Crippen LogP) is 3.84. The molecular formula is C37H48FN3O9. The summed E-state index contributed by atoms with van der Waals surface area (Å²) in [6, 6.07) is 7.04. The number of rotatable bonds is 25. The van der Waals surface area contributed by atoms with E-state index >= 15 is 4.39 Å². The zero-order chi connectivity index (χ0) is 35.6. The van der Waals surface area contributed by atoms with Gasteiger partial charge < -0.3 is 37.7 Å². The Morgan fingerprint density at radius 3 is 2.24 bits per heavy atom. The number of hydrogen-bond donors (Lipinski definition) is 0. The molecule has 0 N–H and O–H groups in total. The molecule has 0 aliphatic heterocycles. The van der Waals surface area contributed by atoms with Crippen LogP contribution in [0, 0.1) is 25.1 Å². The van der Waals surface area contributed by atoms with Gasteiger partial charge in [0.15, 0.2) is 17.0 Å². The highest BCUT2D eigenvalue weighted by Gasteiger charge is 2.26. The molecule has 0 bridgehead atoms. The third-order valence-corrected chi connectivity index (χ3v) is 7.68. The van der Waals surface area contributed by atoms with E-state index in [2.05, 4.69) is 20.4 Å². The van der Waals surface area contributed by atoms with Crippen molar-refractivity contribution >= 4 is 16.9 Å². The third-order valence-electron chi connectivity index (χ3n) is 7.68. The van der Waals surface area contributed by atoms with Crippen LogP contribution in [0.1, 0.15) is 42.1 Å². The van der Waals surface area contributed by atoms with Crippen LogP contribution >= 0.6 is 0 Å². The molecule has 1 fully saturated rings. The van der Waals surface area contributed by atoms with E-state index in [-0.39, 0.29) is 50.1 Å². The van der Waals surface area contributed by atoms with Gasteiger partial charge in [0.2, 0.25) is 0 Å². The molecule has 0 spiro atoms. The molecule has 272 valence electrons. The van der Waals surface area contributed by atoms with Gasteiger partial charge in [-0.15, -0.1) is 6.42 Å². The summed E-state index contributed by atoms with van der Waals surface area (Å²) in [5.41, 5.74) is 3.07. The standard InChI is InChI=1S/C37H48FN3O9/c1-4-10-44-12-14-46-16-18-48-19-17-47-15-13-45-11-8-36(42)50-21-20-49-35-24-34-32(23-33(35)38)37(43)30(27-41(34)31-5-6-31)26-40(3)25-29-7-9-39-28(2)22-29/h1,7,9,22-24,27,31H,5-6,8,10-21,25-26H2,2-3H3. The second-order valence-electron chi connectivity index (χ2n) is 11.9. The van der Waals surface area contributed by atoms with Gasteiger partial charge in [-0.1, -0.05) is 5.92 Å². The molecule has 3 aromatic rings. The van der Waals surface area contributed by atoms with Gasteiger partial charge in [0, 0.05) is 54.2 Å². The minimum absolute atomic E-state index is 0.00413. The first-order valence-electron chi connectivity index (χ1n) is 16.9. The number of carbonyl (C=O) groups is 1. The van der Waals surface area contributed by atoms with E-state index in [4.69, 9.17) is 39.6 Å². The number of benzene rings is 1. The van der Waals surface area contributed by atoms with Crippen molar-refractivity contribution < 1.29 is 42.3 Å². The van der Waals surface area contributed by atoms with Crippen molar-refractivity contribution in [1.29, 1.82) is 0 Å². The van der Waals surface area contributed by atoms with Crippen molar-refractivity contribution in [2.45, 2.75) is 45.3 Å². The lowest BCUT2D eigenvalue weighted by atomic mass is 10.1. The number of esters is 1. The Morgan fingerprint density at radius 2 is 1.60 bits per heavy atom. The number of aryl methyl sites for hydroxylation is 1. The molecule has 1 aliphatic carbocycles. The van der Waals surface area contributed by atoms with Gasteiger partial charge >= 0.3 is 5.97 Å². The monoisotopic (exact) mass is 697 g/mol. The van der Waals surface area contributed by atoms with Crippen molar-refractivity contribution in [3.8, 4) is 18.1 Å². The topological polar surface area (TPSA) is 120 Å². The van der Waals surface area contributed by atoms with E-state index in [1.807, 2.05) is 32.3 Å². The molecule has 2 heterocycles. The van der Waals surface area contributed by atoms with Gasteiger partial charge in [0.05, 0.1) is 71.4 Å². The van der Waals surface area contributed by atoms with E-state index in [9.17, 15) is 9.59 Å². The summed E-state index contributed by atoms with van der Waals surface area (Å²) < 4.78 is 54.7. The molecule has 0 radical (unpaired) electrons. The fourth-order valence-electron chi connectivity index (χ4n) is 5.19. The van der Waals surface area contributed by atoms with Crippen LogP contribution < -0.4 is 10.2 Å². The third kappa shape index (κ3) is 13.4. The number of hydrogen-bond acceptors (Lipinski definition) is 11. The molecule has 1 saturated carbocycles. The highest BCUT2D eigenvalue weighted by Crippen LogP contribution is 2.38. The normalized spacial score (nSPS) is 12.8. The largest absolute Gasteiger partial charge is 0.487 e. The molecule has 12 nitrogen and oxygen atoms in total. The zero-order valence-electron chi connectivity index (χ0n) is 29.0. The molecule has 2 aromatic heterocycles. The quantitative estimate of drug-likeness (QED) is 0.0730. The van der Waals surface area contributed by atoms with Crippen LogP contribution in [0.2, 0.25) is 0 Å². The van der Waals surface area contributed by atoms with Gasteiger partial charge in [-0.05, 0) is 50.6 Å². The second-order valence-corrected chi connectivity index (χ2v) is 11.9. The zero-order valence-corrected chi connectivity index (χ0v) is 29.0. The first-order chi connectivity index (χ1) is 24.4. The van der Waals surface area contributed by atoms with Crippen molar-refractivity contribution in [1.82, 2.24) is 14.5 Å². The maximum Gasteiger partial charge on any atom is 0.308 e. The van der Waals surface area contributed by atoms with Crippen molar-refractivity contribution in [2.75, 3.05) is 86.3 Å². The summed E-state index contributed by atoms with van der Waals surface area (Å²) >= 11 is 0. The van der Waals surface area contributed by atoms with Gasteiger partial charge in [-0.3, -0.25) is 19.5 Å². The summed E-state index contributed by atoms with van der Waals surface area (Å²) in [7, 11) is 1.95. The Hall–Kier alpha value is -3.90. The average molecular weight is 698 g/mol. The van der Waals surface area contributed by atoms with E-state index in [1.54, 1.807) is 12.3 Å². The Bertz CT molecular complexity index is 1610. The molecule has 0 atom stereocenters. The predicted molar refractivity (Wildman–Crippen MR) is 185 cm³/mol. The molecule has 0 saturated heterocycles. The van der Waals surface area contributed by atoms with Gasteiger partial charge in [0.25, 0.3) is 0 Å². The number of nitrogens with zero attached hydrogens (tertiary/aromatic N) is 3. The Labute approximate surface area is 292 Å².